The van der Waals surface area contributed by atoms with Crippen molar-refractivity contribution in [2.75, 3.05) is 0 Å². The first-order valence-electron chi connectivity index (χ1n) is 6.15. The molecule has 2 heterocycles. The van der Waals surface area contributed by atoms with Crippen LogP contribution in [0.25, 0.3) is 0 Å². The highest BCUT2D eigenvalue weighted by Crippen LogP contribution is 2.06. The van der Waals surface area contributed by atoms with E-state index in [1.165, 1.54) is 0 Å². The van der Waals surface area contributed by atoms with Crippen LogP contribution in [0, 0.1) is 0 Å². The van der Waals surface area contributed by atoms with Crippen LogP contribution in [0.3, 0.4) is 0 Å². The lowest BCUT2D eigenvalue weighted by Crippen LogP contribution is -2.05. The molecule has 0 atom stereocenters. The number of imidazole rings is 1. The molecule has 2 rings (SSSR count). The molecule has 5 heteroatoms. The molecule has 2 aromatic heterocycles. The maximum absolute atomic E-state index is 5.16. The molecule has 0 aliphatic carbocycles. The van der Waals surface area contributed by atoms with Crippen molar-refractivity contribution in [3.05, 3.63) is 29.9 Å². The number of hydrogen-bond acceptors (Lipinski definition) is 4. The van der Waals surface area contributed by atoms with Gasteiger partial charge >= 0.3 is 0 Å². The van der Waals surface area contributed by atoms with E-state index < -0.39 is 0 Å². The fourth-order valence-corrected chi connectivity index (χ4v) is 1.76. The zero-order chi connectivity index (χ0) is 12.1. The maximum atomic E-state index is 5.16. The molecule has 17 heavy (non-hydrogen) atoms. The van der Waals surface area contributed by atoms with Crippen LogP contribution in [0.1, 0.15) is 44.2 Å². The second-order valence-electron chi connectivity index (χ2n) is 4.08. The standard InChI is InChI=1S/C12H18N4O/c1-3-5-11-13-7-8-16(11)9-10-14-12(6-4-2)17-15-10/h7-8H,3-6,9H2,1-2H3. The van der Waals surface area contributed by atoms with Crippen LogP contribution in [0.15, 0.2) is 16.9 Å². The molecule has 2 aromatic rings. The molecular formula is C12H18N4O. The van der Waals surface area contributed by atoms with Gasteiger partial charge in [-0.15, -0.1) is 0 Å². The minimum atomic E-state index is 0.641. The van der Waals surface area contributed by atoms with Crippen molar-refractivity contribution in [3.63, 3.8) is 0 Å². The molecule has 92 valence electrons. The number of rotatable bonds is 6. The summed E-state index contributed by atoms with van der Waals surface area (Å²) in [4.78, 5) is 8.67. The highest BCUT2D eigenvalue weighted by molar-refractivity contribution is 4.97. The molecule has 0 aromatic carbocycles. The van der Waals surface area contributed by atoms with E-state index in [0.29, 0.717) is 6.54 Å². The number of aromatic nitrogens is 4. The third-order valence-electron chi connectivity index (χ3n) is 2.56. The third-order valence-corrected chi connectivity index (χ3v) is 2.56. The van der Waals surface area contributed by atoms with Gasteiger partial charge in [0.15, 0.2) is 5.82 Å². The average Bonchev–Trinajstić information content (AvgIpc) is 2.91. The molecule has 0 fully saturated rings. The molecule has 0 bridgehead atoms. The highest BCUT2D eigenvalue weighted by atomic mass is 16.5. The van der Waals surface area contributed by atoms with E-state index in [4.69, 9.17) is 4.52 Å². The SMILES string of the molecule is CCCc1nc(Cn2ccnc2CCC)no1. The molecule has 0 aliphatic heterocycles. The lowest BCUT2D eigenvalue weighted by molar-refractivity contribution is 0.371. The minimum Gasteiger partial charge on any atom is -0.339 e. The van der Waals surface area contributed by atoms with Crippen molar-refractivity contribution in [2.24, 2.45) is 0 Å². The maximum Gasteiger partial charge on any atom is 0.226 e. The smallest absolute Gasteiger partial charge is 0.226 e. The number of aryl methyl sites for hydroxylation is 2. The first-order valence-corrected chi connectivity index (χ1v) is 6.15. The van der Waals surface area contributed by atoms with Gasteiger partial charge in [-0.1, -0.05) is 19.0 Å². The van der Waals surface area contributed by atoms with E-state index in [2.05, 4.69) is 33.5 Å². The number of hydrogen-bond donors (Lipinski definition) is 0. The Hall–Kier alpha value is -1.65. The monoisotopic (exact) mass is 234 g/mol. The second-order valence-corrected chi connectivity index (χ2v) is 4.08. The molecule has 5 nitrogen and oxygen atoms in total. The van der Waals surface area contributed by atoms with Crippen molar-refractivity contribution in [1.29, 1.82) is 0 Å². The minimum absolute atomic E-state index is 0.641. The van der Waals surface area contributed by atoms with Crippen molar-refractivity contribution < 1.29 is 4.52 Å². The van der Waals surface area contributed by atoms with Crippen LogP contribution in [0.4, 0.5) is 0 Å². The van der Waals surface area contributed by atoms with E-state index in [1.54, 1.807) is 0 Å². The summed E-state index contributed by atoms with van der Waals surface area (Å²) in [6.07, 6.45) is 7.71. The largest absolute Gasteiger partial charge is 0.339 e. The zero-order valence-electron chi connectivity index (χ0n) is 10.4. The summed E-state index contributed by atoms with van der Waals surface area (Å²) in [5.41, 5.74) is 0. The Kier molecular flexibility index (Phi) is 3.90. The molecule has 0 amide bonds. The quantitative estimate of drug-likeness (QED) is 0.769. The molecule has 0 N–H and O–H groups in total. The van der Waals surface area contributed by atoms with E-state index in [1.807, 2.05) is 12.4 Å². The molecule has 0 saturated heterocycles. The van der Waals surface area contributed by atoms with Crippen LogP contribution < -0.4 is 0 Å². The normalized spacial score (nSPS) is 10.9. The van der Waals surface area contributed by atoms with Gasteiger partial charge in [0, 0.05) is 25.2 Å². The molecule has 0 saturated carbocycles. The molecule has 0 unspecified atom stereocenters. The van der Waals surface area contributed by atoms with Crippen LogP contribution >= 0.6 is 0 Å². The summed E-state index contributed by atoms with van der Waals surface area (Å²) < 4.78 is 7.23. The summed E-state index contributed by atoms with van der Waals surface area (Å²) in [6, 6.07) is 0. The Morgan fingerprint density at radius 1 is 1.24 bits per heavy atom. The van der Waals surface area contributed by atoms with E-state index in [0.717, 1.165) is 43.2 Å². The van der Waals surface area contributed by atoms with Gasteiger partial charge in [-0.3, -0.25) is 0 Å². The molecule has 0 radical (unpaired) electrons. The molecule has 0 aliphatic rings. The Morgan fingerprint density at radius 2 is 2.06 bits per heavy atom. The van der Waals surface area contributed by atoms with Gasteiger partial charge in [0.25, 0.3) is 0 Å². The van der Waals surface area contributed by atoms with Gasteiger partial charge in [0.05, 0.1) is 6.54 Å². The Bertz CT molecular complexity index is 461. The van der Waals surface area contributed by atoms with Gasteiger partial charge in [-0.05, 0) is 12.8 Å². The van der Waals surface area contributed by atoms with Crippen LogP contribution in [-0.2, 0) is 19.4 Å². The lowest BCUT2D eigenvalue weighted by Gasteiger charge is -2.02. The predicted molar refractivity (Wildman–Crippen MR) is 63.6 cm³/mol. The second kappa shape index (κ2) is 5.61. The average molecular weight is 234 g/mol. The summed E-state index contributed by atoms with van der Waals surface area (Å²) in [6.45, 7) is 4.88. The summed E-state index contributed by atoms with van der Waals surface area (Å²) in [7, 11) is 0. The predicted octanol–water partition coefficient (Wildman–Crippen LogP) is 2.22. The van der Waals surface area contributed by atoms with Gasteiger partial charge < -0.3 is 9.09 Å². The van der Waals surface area contributed by atoms with Crippen molar-refractivity contribution in [2.45, 2.75) is 46.1 Å². The first kappa shape index (κ1) is 11.8. The van der Waals surface area contributed by atoms with Crippen molar-refractivity contribution >= 4 is 0 Å². The van der Waals surface area contributed by atoms with E-state index in [-0.39, 0.29) is 0 Å². The van der Waals surface area contributed by atoms with Gasteiger partial charge in [0.2, 0.25) is 5.89 Å². The van der Waals surface area contributed by atoms with E-state index >= 15 is 0 Å². The lowest BCUT2D eigenvalue weighted by atomic mass is 10.3. The van der Waals surface area contributed by atoms with Crippen LogP contribution in [0.2, 0.25) is 0 Å². The summed E-state index contributed by atoms with van der Waals surface area (Å²) in [5, 5.41) is 3.98. The summed E-state index contributed by atoms with van der Waals surface area (Å²) in [5.74, 6) is 2.53. The fourth-order valence-electron chi connectivity index (χ4n) is 1.76. The van der Waals surface area contributed by atoms with Crippen molar-refractivity contribution in [3.8, 4) is 0 Å². The topological polar surface area (TPSA) is 56.7 Å². The Morgan fingerprint density at radius 3 is 2.82 bits per heavy atom. The van der Waals surface area contributed by atoms with Gasteiger partial charge in [-0.25, -0.2) is 4.98 Å². The first-order chi connectivity index (χ1) is 8.33. The molecule has 0 spiro atoms. The van der Waals surface area contributed by atoms with Gasteiger partial charge in [0.1, 0.15) is 5.82 Å². The van der Waals surface area contributed by atoms with Crippen molar-refractivity contribution in [1.82, 2.24) is 19.7 Å². The third kappa shape index (κ3) is 2.93. The molecular weight excluding hydrogens is 216 g/mol. The Balaban J connectivity index is 2.05. The Labute approximate surface area is 101 Å². The highest BCUT2D eigenvalue weighted by Gasteiger charge is 2.08. The summed E-state index contributed by atoms with van der Waals surface area (Å²) >= 11 is 0. The van der Waals surface area contributed by atoms with Gasteiger partial charge in [-0.2, -0.15) is 4.98 Å². The van der Waals surface area contributed by atoms with Crippen LogP contribution in [-0.4, -0.2) is 19.7 Å². The number of nitrogens with zero attached hydrogens (tertiary/aromatic N) is 4. The van der Waals surface area contributed by atoms with Crippen LogP contribution in [0.5, 0.6) is 0 Å². The fraction of sp³-hybridized carbons (Fsp3) is 0.583. The zero-order valence-corrected chi connectivity index (χ0v) is 10.4. The van der Waals surface area contributed by atoms with E-state index in [9.17, 15) is 0 Å².